The Kier molecular flexibility index (Phi) is 4.66. The number of benzene rings is 1. The van der Waals surface area contributed by atoms with Gasteiger partial charge in [-0.1, -0.05) is 6.07 Å². The molecule has 0 radical (unpaired) electrons. The zero-order valence-electron chi connectivity index (χ0n) is 9.42. The fourth-order valence-corrected chi connectivity index (χ4v) is 1.11. The molecule has 0 aliphatic carbocycles. The SMILES string of the molecule is C[C@H](OCC(F)(F)F)C(=O)Nc1cccc(F)c1. The summed E-state index contributed by atoms with van der Waals surface area (Å²) in [7, 11) is 0. The van der Waals surface area contributed by atoms with Crippen molar-refractivity contribution in [3.8, 4) is 0 Å². The van der Waals surface area contributed by atoms with Gasteiger partial charge < -0.3 is 10.1 Å². The van der Waals surface area contributed by atoms with Gasteiger partial charge in [-0.25, -0.2) is 4.39 Å². The molecule has 1 aromatic carbocycles. The number of alkyl halides is 3. The molecule has 0 aliphatic heterocycles. The molecule has 1 atom stereocenters. The lowest BCUT2D eigenvalue weighted by molar-refractivity contribution is -0.184. The molecular weight excluding hydrogens is 254 g/mol. The van der Waals surface area contributed by atoms with E-state index in [9.17, 15) is 22.4 Å². The molecule has 1 rings (SSSR count). The summed E-state index contributed by atoms with van der Waals surface area (Å²) in [5.74, 6) is -1.33. The quantitative estimate of drug-likeness (QED) is 0.850. The van der Waals surface area contributed by atoms with E-state index < -0.39 is 30.6 Å². The zero-order valence-corrected chi connectivity index (χ0v) is 9.42. The van der Waals surface area contributed by atoms with E-state index in [2.05, 4.69) is 10.1 Å². The van der Waals surface area contributed by atoms with Gasteiger partial charge in [-0.3, -0.25) is 4.79 Å². The number of carbonyl (C=O) groups is 1. The summed E-state index contributed by atoms with van der Waals surface area (Å²) < 4.78 is 52.7. The smallest absolute Gasteiger partial charge is 0.359 e. The zero-order chi connectivity index (χ0) is 13.8. The largest absolute Gasteiger partial charge is 0.411 e. The van der Waals surface area contributed by atoms with E-state index in [0.29, 0.717) is 0 Å². The maximum absolute atomic E-state index is 12.8. The van der Waals surface area contributed by atoms with Gasteiger partial charge in [0.2, 0.25) is 0 Å². The average molecular weight is 265 g/mol. The van der Waals surface area contributed by atoms with E-state index in [4.69, 9.17) is 0 Å². The van der Waals surface area contributed by atoms with Crippen LogP contribution in [-0.4, -0.2) is 24.8 Å². The van der Waals surface area contributed by atoms with Gasteiger partial charge in [0.05, 0.1) is 0 Å². The Balaban J connectivity index is 2.50. The summed E-state index contributed by atoms with van der Waals surface area (Å²) in [5, 5.41) is 2.25. The van der Waals surface area contributed by atoms with Gasteiger partial charge in [0.25, 0.3) is 5.91 Å². The van der Waals surface area contributed by atoms with Crippen LogP contribution in [0.25, 0.3) is 0 Å². The third-order valence-electron chi connectivity index (χ3n) is 1.96. The summed E-state index contributed by atoms with van der Waals surface area (Å²) in [6, 6.07) is 5.01. The molecule has 1 amide bonds. The standard InChI is InChI=1S/C11H11F4NO2/c1-7(18-6-11(13,14)15)10(17)16-9-4-2-3-8(12)5-9/h2-5,7H,6H2,1H3,(H,16,17)/t7-/m0/s1. The first kappa shape index (κ1) is 14.4. The van der Waals surface area contributed by atoms with E-state index >= 15 is 0 Å². The van der Waals surface area contributed by atoms with E-state index in [-0.39, 0.29) is 5.69 Å². The first-order chi connectivity index (χ1) is 8.28. The average Bonchev–Trinajstić information content (AvgIpc) is 2.24. The molecule has 100 valence electrons. The molecule has 0 aliphatic rings. The van der Waals surface area contributed by atoms with Crippen LogP contribution in [0.2, 0.25) is 0 Å². The fraction of sp³-hybridized carbons (Fsp3) is 0.364. The Bertz CT molecular complexity index is 420. The van der Waals surface area contributed by atoms with Crippen molar-refractivity contribution >= 4 is 11.6 Å². The number of rotatable bonds is 4. The summed E-state index contributed by atoms with van der Waals surface area (Å²) in [6.45, 7) is -0.328. The lowest BCUT2D eigenvalue weighted by Gasteiger charge is -2.14. The van der Waals surface area contributed by atoms with Crippen LogP contribution in [0.1, 0.15) is 6.92 Å². The second kappa shape index (κ2) is 5.81. The highest BCUT2D eigenvalue weighted by Crippen LogP contribution is 2.16. The molecule has 0 saturated heterocycles. The van der Waals surface area contributed by atoms with Crippen LogP contribution < -0.4 is 5.32 Å². The van der Waals surface area contributed by atoms with Crippen LogP contribution >= 0.6 is 0 Å². The van der Waals surface area contributed by atoms with Crippen molar-refractivity contribution in [3.05, 3.63) is 30.1 Å². The molecule has 0 saturated carbocycles. The lowest BCUT2D eigenvalue weighted by atomic mass is 10.3. The minimum absolute atomic E-state index is 0.155. The van der Waals surface area contributed by atoms with Gasteiger partial charge in [0.15, 0.2) is 0 Å². The molecular formula is C11H11F4NO2. The molecule has 1 aromatic rings. The second-order valence-electron chi connectivity index (χ2n) is 3.57. The van der Waals surface area contributed by atoms with Crippen LogP contribution in [0.5, 0.6) is 0 Å². The van der Waals surface area contributed by atoms with E-state index in [1.54, 1.807) is 0 Å². The molecule has 1 N–H and O–H groups in total. The number of carbonyl (C=O) groups excluding carboxylic acids is 1. The number of hydrogen-bond acceptors (Lipinski definition) is 2. The van der Waals surface area contributed by atoms with Gasteiger partial charge in [-0.05, 0) is 25.1 Å². The molecule has 0 heterocycles. The molecule has 18 heavy (non-hydrogen) atoms. The molecule has 0 bridgehead atoms. The number of amides is 1. The van der Waals surface area contributed by atoms with Crippen molar-refractivity contribution in [2.45, 2.75) is 19.2 Å². The van der Waals surface area contributed by atoms with Crippen molar-refractivity contribution in [3.63, 3.8) is 0 Å². The van der Waals surface area contributed by atoms with Crippen molar-refractivity contribution in [2.75, 3.05) is 11.9 Å². The molecule has 0 unspecified atom stereocenters. The third-order valence-corrected chi connectivity index (χ3v) is 1.96. The van der Waals surface area contributed by atoms with E-state index in [0.717, 1.165) is 6.07 Å². The summed E-state index contributed by atoms with van der Waals surface area (Å²) in [5.41, 5.74) is 0.155. The van der Waals surface area contributed by atoms with Crippen molar-refractivity contribution in [1.82, 2.24) is 0 Å². The monoisotopic (exact) mass is 265 g/mol. The number of anilines is 1. The highest BCUT2D eigenvalue weighted by Gasteiger charge is 2.29. The molecule has 7 heteroatoms. The number of nitrogens with one attached hydrogen (secondary N) is 1. The van der Waals surface area contributed by atoms with E-state index in [1.165, 1.54) is 25.1 Å². The van der Waals surface area contributed by atoms with Crippen LogP contribution in [0.4, 0.5) is 23.2 Å². The summed E-state index contributed by atoms with van der Waals surface area (Å²) >= 11 is 0. The van der Waals surface area contributed by atoms with Crippen LogP contribution in [-0.2, 0) is 9.53 Å². The van der Waals surface area contributed by atoms with Crippen molar-refractivity contribution < 1.29 is 27.1 Å². The van der Waals surface area contributed by atoms with E-state index in [1.807, 2.05) is 0 Å². The Morgan fingerprint density at radius 3 is 2.67 bits per heavy atom. The topological polar surface area (TPSA) is 38.3 Å². The Labute approximate surface area is 101 Å². The molecule has 0 fully saturated rings. The first-order valence-electron chi connectivity index (χ1n) is 5.03. The first-order valence-corrected chi connectivity index (χ1v) is 5.03. The van der Waals surface area contributed by atoms with Crippen LogP contribution in [0.3, 0.4) is 0 Å². The second-order valence-corrected chi connectivity index (χ2v) is 3.57. The highest BCUT2D eigenvalue weighted by molar-refractivity contribution is 5.93. The minimum atomic E-state index is -4.49. The van der Waals surface area contributed by atoms with Crippen LogP contribution in [0, 0.1) is 5.82 Å². The van der Waals surface area contributed by atoms with Gasteiger partial charge in [0.1, 0.15) is 18.5 Å². The van der Waals surface area contributed by atoms with Crippen molar-refractivity contribution in [1.29, 1.82) is 0 Å². The number of ether oxygens (including phenoxy) is 1. The molecule has 0 aromatic heterocycles. The highest BCUT2D eigenvalue weighted by atomic mass is 19.4. The molecule has 0 spiro atoms. The fourth-order valence-electron chi connectivity index (χ4n) is 1.11. The predicted octanol–water partition coefficient (Wildman–Crippen LogP) is 2.73. The normalized spacial score (nSPS) is 13.2. The Morgan fingerprint density at radius 2 is 2.11 bits per heavy atom. The lowest BCUT2D eigenvalue weighted by Crippen LogP contribution is -2.31. The predicted molar refractivity (Wildman–Crippen MR) is 56.5 cm³/mol. The number of hydrogen-bond donors (Lipinski definition) is 1. The Morgan fingerprint density at radius 1 is 1.44 bits per heavy atom. The van der Waals surface area contributed by atoms with Crippen molar-refractivity contribution in [2.24, 2.45) is 0 Å². The van der Waals surface area contributed by atoms with Crippen LogP contribution in [0.15, 0.2) is 24.3 Å². The van der Waals surface area contributed by atoms with Gasteiger partial charge in [0, 0.05) is 5.69 Å². The minimum Gasteiger partial charge on any atom is -0.359 e. The molecule has 3 nitrogen and oxygen atoms in total. The van der Waals surface area contributed by atoms with Gasteiger partial charge in [-0.15, -0.1) is 0 Å². The Hall–Kier alpha value is -1.63. The summed E-state index contributed by atoms with van der Waals surface area (Å²) in [6.07, 6.45) is -5.78. The van der Waals surface area contributed by atoms with Gasteiger partial charge in [-0.2, -0.15) is 13.2 Å². The maximum Gasteiger partial charge on any atom is 0.411 e. The number of halogens is 4. The third kappa shape index (κ3) is 5.13. The summed E-state index contributed by atoms with van der Waals surface area (Å²) in [4.78, 5) is 11.4. The van der Waals surface area contributed by atoms with Gasteiger partial charge >= 0.3 is 6.18 Å². The maximum atomic E-state index is 12.8.